The number of fused-ring (bicyclic) bond motifs is 1. The number of rotatable bonds is 6. The van der Waals surface area contributed by atoms with Crippen LogP contribution in [0.25, 0.3) is 10.2 Å². The van der Waals surface area contributed by atoms with E-state index in [9.17, 15) is 0 Å². The third-order valence-corrected chi connectivity index (χ3v) is 6.00. The second kappa shape index (κ2) is 10.3. The molecule has 3 aromatic rings. The fourth-order valence-electron chi connectivity index (χ4n) is 2.34. The summed E-state index contributed by atoms with van der Waals surface area (Å²) in [7, 11) is 0. The molecule has 1 unspecified atom stereocenters. The number of aromatic nitrogens is 1. The van der Waals surface area contributed by atoms with Crippen LogP contribution in [0.2, 0.25) is 5.15 Å². The standard InChI is InChI=1S/C16H14BrClN4OS.CH2O2/c17-14-12(6-9(20)3-4-19)24-16-11(7-13(18)22-15(14)16)21-8-10-2-1-5-23-10;2-1-3/h1-2,5,7,9H,3,6,8,20H2,(H,21,22);1H,(H,2,3). The van der Waals surface area contributed by atoms with Crippen LogP contribution in [0, 0.1) is 11.3 Å². The number of hydrogen-bond acceptors (Lipinski definition) is 7. The SMILES string of the molecule is N#CCC(N)Cc1sc2c(NCc3ccco3)cc(Cl)nc2c1Br.O=CO. The number of anilines is 1. The predicted molar refractivity (Wildman–Crippen MR) is 109 cm³/mol. The zero-order valence-electron chi connectivity index (χ0n) is 14.0. The molecule has 1 atom stereocenters. The molecule has 0 bridgehead atoms. The van der Waals surface area contributed by atoms with Gasteiger partial charge in [0.15, 0.2) is 0 Å². The zero-order chi connectivity index (χ0) is 19.8. The molecule has 27 heavy (non-hydrogen) atoms. The molecule has 7 nitrogen and oxygen atoms in total. The van der Waals surface area contributed by atoms with Crippen molar-refractivity contribution in [3.05, 3.63) is 44.7 Å². The summed E-state index contributed by atoms with van der Waals surface area (Å²) >= 11 is 11.4. The van der Waals surface area contributed by atoms with Crippen molar-refractivity contribution in [3.8, 4) is 6.07 Å². The van der Waals surface area contributed by atoms with Gasteiger partial charge in [-0.1, -0.05) is 11.6 Å². The van der Waals surface area contributed by atoms with Crippen molar-refractivity contribution in [3.63, 3.8) is 0 Å². The van der Waals surface area contributed by atoms with Crippen molar-refractivity contribution in [2.24, 2.45) is 5.73 Å². The van der Waals surface area contributed by atoms with Crippen molar-refractivity contribution in [2.45, 2.75) is 25.4 Å². The summed E-state index contributed by atoms with van der Waals surface area (Å²) in [6.07, 6.45) is 2.57. The van der Waals surface area contributed by atoms with E-state index in [-0.39, 0.29) is 12.5 Å². The highest BCUT2D eigenvalue weighted by Gasteiger charge is 2.17. The van der Waals surface area contributed by atoms with Crippen molar-refractivity contribution in [2.75, 3.05) is 5.32 Å². The lowest BCUT2D eigenvalue weighted by Gasteiger charge is -2.06. The first-order valence-electron chi connectivity index (χ1n) is 7.74. The van der Waals surface area contributed by atoms with Gasteiger partial charge in [0.25, 0.3) is 6.47 Å². The molecule has 0 saturated carbocycles. The van der Waals surface area contributed by atoms with E-state index in [4.69, 9.17) is 36.9 Å². The van der Waals surface area contributed by atoms with Crippen LogP contribution >= 0.6 is 38.9 Å². The Morgan fingerprint density at radius 3 is 2.96 bits per heavy atom. The summed E-state index contributed by atoms with van der Waals surface area (Å²) < 4.78 is 7.23. The van der Waals surface area contributed by atoms with E-state index in [1.807, 2.05) is 12.1 Å². The molecule has 0 aromatic carbocycles. The molecule has 142 valence electrons. The summed E-state index contributed by atoms with van der Waals surface area (Å²) in [5.41, 5.74) is 7.68. The Labute approximate surface area is 172 Å². The molecule has 0 fully saturated rings. The van der Waals surface area contributed by atoms with Gasteiger partial charge in [0, 0.05) is 17.0 Å². The molecule has 0 spiro atoms. The highest BCUT2D eigenvalue weighted by atomic mass is 79.9. The van der Waals surface area contributed by atoms with Crippen LogP contribution in [0.15, 0.2) is 33.4 Å². The molecule has 0 aliphatic carbocycles. The maximum absolute atomic E-state index is 8.78. The number of nitrogens with zero attached hydrogens (tertiary/aromatic N) is 2. The number of pyridine rings is 1. The number of nitrogens with one attached hydrogen (secondary N) is 1. The number of halogens is 2. The molecular formula is C17H16BrClN4O3S. The van der Waals surface area contributed by atoms with Gasteiger partial charge in [-0.3, -0.25) is 4.79 Å². The number of carbonyl (C=O) groups is 1. The van der Waals surface area contributed by atoms with E-state index in [0.717, 1.165) is 31.0 Å². The fraction of sp³-hybridized carbons (Fsp3) is 0.235. The first-order valence-corrected chi connectivity index (χ1v) is 9.72. The van der Waals surface area contributed by atoms with E-state index in [2.05, 4.69) is 32.3 Å². The minimum Gasteiger partial charge on any atom is -0.483 e. The lowest BCUT2D eigenvalue weighted by Crippen LogP contribution is -2.21. The average Bonchev–Trinajstić information content (AvgIpc) is 3.24. The maximum atomic E-state index is 8.78. The lowest BCUT2D eigenvalue weighted by atomic mass is 10.1. The van der Waals surface area contributed by atoms with Crippen LogP contribution < -0.4 is 11.1 Å². The van der Waals surface area contributed by atoms with Crippen molar-refractivity contribution < 1.29 is 14.3 Å². The normalized spacial score (nSPS) is 11.3. The zero-order valence-corrected chi connectivity index (χ0v) is 17.1. The molecule has 0 radical (unpaired) electrons. The van der Waals surface area contributed by atoms with E-state index < -0.39 is 0 Å². The Morgan fingerprint density at radius 2 is 2.33 bits per heavy atom. The molecule has 0 saturated heterocycles. The van der Waals surface area contributed by atoms with Crippen molar-refractivity contribution >= 4 is 61.2 Å². The molecule has 0 aliphatic heterocycles. The topological polar surface area (TPSA) is 125 Å². The quantitative estimate of drug-likeness (QED) is 0.359. The Morgan fingerprint density at radius 1 is 1.59 bits per heavy atom. The van der Waals surface area contributed by atoms with Crippen molar-refractivity contribution in [1.29, 1.82) is 5.26 Å². The largest absolute Gasteiger partial charge is 0.483 e. The molecule has 0 aliphatic rings. The van der Waals surface area contributed by atoms with Crippen LogP contribution in [0.3, 0.4) is 0 Å². The van der Waals surface area contributed by atoms with Crippen LogP contribution in [-0.4, -0.2) is 22.6 Å². The van der Waals surface area contributed by atoms with Gasteiger partial charge in [0.1, 0.15) is 10.9 Å². The minimum absolute atomic E-state index is 0.200. The number of carboxylic acid groups (broad SMARTS) is 1. The summed E-state index contributed by atoms with van der Waals surface area (Å²) in [4.78, 5) is 13.8. The number of hydrogen-bond donors (Lipinski definition) is 3. The average molecular weight is 472 g/mol. The van der Waals surface area contributed by atoms with E-state index in [1.165, 1.54) is 0 Å². The number of furan rings is 1. The molecule has 3 aromatic heterocycles. The minimum atomic E-state index is -0.250. The summed E-state index contributed by atoms with van der Waals surface area (Å²) in [5.74, 6) is 0.836. The molecular weight excluding hydrogens is 456 g/mol. The number of nitrogens with two attached hydrogens (primary N) is 1. The third-order valence-electron chi connectivity index (χ3n) is 3.45. The molecule has 4 N–H and O–H groups in total. The van der Waals surface area contributed by atoms with Gasteiger partial charge in [-0.05, 0) is 34.5 Å². The van der Waals surface area contributed by atoms with Gasteiger partial charge in [-0.2, -0.15) is 5.26 Å². The molecule has 3 rings (SSSR count). The fourth-order valence-corrected chi connectivity index (χ4v) is 4.57. The van der Waals surface area contributed by atoms with Crippen LogP contribution in [0.1, 0.15) is 17.1 Å². The van der Waals surface area contributed by atoms with Gasteiger partial charge >= 0.3 is 0 Å². The first kappa shape index (κ1) is 21.2. The lowest BCUT2D eigenvalue weighted by molar-refractivity contribution is -0.122. The summed E-state index contributed by atoms with van der Waals surface area (Å²) in [6.45, 7) is 0.307. The third kappa shape index (κ3) is 5.68. The Balaban J connectivity index is 0.000000817. The molecule has 0 amide bonds. The van der Waals surface area contributed by atoms with Crippen LogP contribution in [0.5, 0.6) is 0 Å². The molecule has 3 heterocycles. The van der Waals surface area contributed by atoms with Crippen LogP contribution in [-0.2, 0) is 17.8 Å². The Kier molecular flexibility index (Phi) is 8.06. The second-order valence-electron chi connectivity index (χ2n) is 5.37. The maximum Gasteiger partial charge on any atom is 0.290 e. The smallest absolute Gasteiger partial charge is 0.290 e. The number of nitriles is 1. The van der Waals surface area contributed by atoms with Gasteiger partial charge in [-0.25, -0.2) is 4.98 Å². The highest BCUT2D eigenvalue weighted by molar-refractivity contribution is 9.10. The van der Waals surface area contributed by atoms with E-state index in [1.54, 1.807) is 23.7 Å². The van der Waals surface area contributed by atoms with Gasteiger partial charge in [0.05, 0.1) is 45.7 Å². The molecule has 10 heteroatoms. The monoisotopic (exact) mass is 470 g/mol. The first-order chi connectivity index (χ1) is 13.0. The number of thiophene rings is 1. The van der Waals surface area contributed by atoms with Crippen LogP contribution in [0.4, 0.5) is 5.69 Å². The Bertz CT molecular complexity index is 940. The summed E-state index contributed by atoms with van der Waals surface area (Å²) in [5, 5.41) is 19.4. The summed E-state index contributed by atoms with van der Waals surface area (Å²) in [6, 6.07) is 7.46. The van der Waals surface area contributed by atoms with Gasteiger partial charge in [-0.15, -0.1) is 11.3 Å². The predicted octanol–water partition coefficient (Wildman–Crippen LogP) is 4.40. The van der Waals surface area contributed by atoms with E-state index >= 15 is 0 Å². The van der Waals surface area contributed by atoms with Gasteiger partial charge in [0.2, 0.25) is 0 Å². The second-order valence-corrected chi connectivity index (χ2v) is 7.66. The van der Waals surface area contributed by atoms with E-state index in [0.29, 0.717) is 24.5 Å². The van der Waals surface area contributed by atoms with Crippen molar-refractivity contribution in [1.82, 2.24) is 4.98 Å². The highest BCUT2D eigenvalue weighted by Crippen LogP contribution is 2.40. The Hall–Kier alpha value is -2.12. The van der Waals surface area contributed by atoms with Gasteiger partial charge < -0.3 is 20.6 Å².